The average molecular weight is 328 g/mol. The Morgan fingerprint density at radius 1 is 1.52 bits per heavy atom. The molecule has 1 unspecified atom stereocenters. The van der Waals surface area contributed by atoms with Gasteiger partial charge in [0.25, 0.3) is 0 Å². The normalized spacial score (nSPS) is 19.1. The maximum Gasteiger partial charge on any atom is 0.174 e. The van der Waals surface area contributed by atoms with Crippen LogP contribution in [0.25, 0.3) is 0 Å². The van der Waals surface area contributed by atoms with Crippen molar-refractivity contribution in [1.29, 1.82) is 0 Å². The summed E-state index contributed by atoms with van der Waals surface area (Å²) < 4.78 is 0. The molecule has 0 aliphatic carbocycles. The first kappa shape index (κ1) is 16.6. The van der Waals surface area contributed by atoms with Crippen LogP contribution in [0.3, 0.4) is 0 Å². The van der Waals surface area contributed by atoms with Gasteiger partial charge in [0.05, 0.1) is 15.5 Å². The lowest BCUT2D eigenvalue weighted by Crippen LogP contribution is -2.22. The fourth-order valence-corrected chi connectivity index (χ4v) is 4.77. The first-order chi connectivity index (χ1) is 10.1. The monoisotopic (exact) mass is 327 g/mol. The second-order valence-corrected chi connectivity index (χ2v) is 7.25. The van der Waals surface area contributed by atoms with Crippen LogP contribution in [0.1, 0.15) is 36.4 Å². The number of nitrogens with two attached hydrogens (primary N) is 1. The predicted octanol–water partition coefficient (Wildman–Crippen LogP) is 3.40. The number of ketones is 1. The van der Waals surface area contributed by atoms with Crippen LogP contribution < -0.4 is 11.1 Å². The van der Waals surface area contributed by atoms with Gasteiger partial charge in [-0.05, 0) is 31.7 Å². The summed E-state index contributed by atoms with van der Waals surface area (Å²) in [7, 11) is 0. The number of hydrogen-bond acceptors (Lipinski definition) is 6. The van der Waals surface area contributed by atoms with E-state index in [0.29, 0.717) is 22.9 Å². The number of carbonyl (C=O) groups excluding carboxylic acids is 1. The van der Waals surface area contributed by atoms with E-state index in [4.69, 9.17) is 5.73 Å². The quantitative estimate of drug-likeness (QED) is 0.594. The summed E-state index contributed by atoms with van der Waals surface area (Å²) in [4.78, 5) is 16.2. The molecule has 118 valence electrons. The van der Waals surface area contributed by atoms with Crippen molar-refractivity contribution in [1.82, 2.24) is 4.90 Å². The van der Waals surface area contributed by atoms with Crippen molar-refractivity contribution in [2.45, 2.75) is 31.6 Å². The Bertz CT molecular complexity index is 501. The van der Waals surface area contributed by atoms with Crippen molar-refractivity contribution in [3.63, 3.8) is 0 Å². The minimum Gasteiger partial charge on any atom is -0.396 e. The number of rotatable bonds is 7. The van der Waals surface area contributed by atoms with Crippen molar-refractivity contribution in [2.75, 3.05) is 43.5 Å². The molecule has 3 N–H and O–H groups in total. The van der Waals surface area contributed by atoms with E-state index in [1.165, 1.54) is 30.8 Å². The fourth-order valence-electron chi connectivity index (χ4n) is 2.72. The number of thioether (sulfide) groups is 1. The zero-order valence-corrected chi connectivity index (χ0v) is 14.7. The van der Waals surface area contributed by atoms with Crippen molar-refractivity contribution < 1.29 is 4.79 Å². The zero-order valence-electron chi connectivity index (χ0n) is 13.1. The van der Waals surface area contributed by atoms with Crippen LogP contribution in [0, 0.1) is 5.92 Å². The van der Waals surface area contributed by atoms with Crippen LogP contribution in [0.4, 0.5) is 10.7 Å². The van der Waals surface area contributed by atoms with Crippen LogP contribution in [0.2, 0.25) is 0 Å². The standard InChI is InChI=1S/C15H25N3OS2/c1-4-11(19)13-12(16)14(20-3)15(21-13)17-8-10-6-7-18(5-2)9-10/h10,17H,4-9,16H2,1-3H3. The van der Waals surface area contributed by atoms with Gasteiger partial charge in [-0.2, -0.15) is 0 Å². The summed E-state index contributed by atoms with van der Waals surface area (Å²) in [6.07, 6.45) is 3.77. The third kappa shape index (κ3) is 3.73. The Kier molecular flexibility index (Phi) is 5.96. The van der Waals surface area contributed by atoms with Gasteiger partial charge in [0, 0.05) is 19.5 Å². The number of nitrogens with one attached hydrogen (secondary N) is 1. The van der Waals surface area contributed by atoms with E-state index in [1.807, 2.05) is 13.2 Å². The summed E-state index contributed by atoms with van der Waals surface area (Å²) in [5.74, 6) is 0.826. The minimum absolute atomic E-state index is 0.138. The summed E-state index contributed by atoms with van der Waals surface area (Å²) >= 11 is 3.13. The van der Waals surface area contributed by atoms with E-state index < -0.39 is 0 Å². The van der Waals surface area contributed by atoms with E-state index in [1.54, 1.807) is 11.8 Å². The lowest BCUT2D eigenvalue weighted by atomic mass is 10.1. The van der Waals surface area contributed by atoms with Gasteiger partial charge in [0.1, 0.15) is 5.00 Å². The zero-order chi connectivity index (χ0) is 15.4. The van der Waals surface area contributed by atoms with Crippen molar-refractivity contribution >= 4 is 39.6 Å². The molecule has 0 bridgehead atoms. The molecule has 21 heavy (non-hydrogen) atoms. The van der Waals surface area contributed by atoms with Crippen LogP contribution in [-0.4, -0.2) is 43.1 Å². The molecule has 1 aliphatic rings. The van der Waals surface area contributed by atoms with E-state index in [0.717, 1.165) is 23.0 Å². The van der Waals surface area contributed by atoms with Gasteiger partial charge < -0.3 is 16.0 Å². The van der Waals surface area contributed by atoms with Crippen molar-refractivity contribution in [2.24, 2.45) is 5.92 Å². The lowest BCUT2D eigenvalue weighted by molar-refractivity contribution is 0.0992. The number of likely N-dealkylation sites (tertiary alicyclic amines) is 1. The van der Waals surface area contributed by atoms with E-state index in [2.05, 4.69) is 17.1 Å². The van der Waals surface area contributed by atoms with Crippen LogP contribution in [-0.2, 0) is 0 Å². The maximum absolute atomic E-state index is 11.9. The molecule has 2 rings (SSSR count). The minimum atomic E-state index is 0.138. The molecule has 0 amide bonds. The van der Waals surface area contributed by atoms with Crippen molar-refractivity contribution in [3.05, 3.63) is 4.88 Å². The lowest BCUT2D eigenvalue weighted by Gasteiger charge is -2.14. The third-order valence-corrected chi connectivity index (χ3v) is 6.21. The van der Waals surface area contributed by atoms with Crippen molar-refractivity contribution in [3.8, 4) is 0 Å². The van der Waals surface area contributed by atoms with E-state index >= 15 is 0 Å². The maximum atomic E-state index is 11.9. The molecular formula is C15H25N3OS2. The van der Waals surface area contributed by atoms with Gasteiger partial charge in [-0.1, -0.05) is 13.8 Å². The van der Waals surface area contributed by atoms with Gasteiger partial charge in [0.2, 0.25) is 0 Å². The van der Waals surface area contributed by atoms with E-state index in [9.17, 15) is 4.79 Å². The molecule has 1 aliphatic heterocycles. The third-order valence-electron chi connectivity index (χ3n) is 4.05. The van der Waals surface area contributed by atoms with Gasteiger partial charge in [-0.15, -0.1) is 23.1 Å². The largest absolute Gasteiger partial charge is 0.396 e. The Labute approximate surface area is 135 Å². The number of carbonyl (C=O) groups is 1. The summed E-state index contributed by atoms with van der Waals surface area (Å²) in [6, 6.07) is 0. The Hall–Kier alpha value is -0.720. The smallest absolute Gasteiger partial charge is 0.174 e. The number of nitrogen functional groups attached to an aromatic ring is 1. The molecule has 2 heterocycles. The number of thiophene rings is 1. The van der Waals surface area contributed by atoms with Gasteiger partial charge in [-0.3, -0.25) is 4.79 Å². The molecule has 1 fully saturated rings. The highest BCUT2D eigenvalue weighted by atomic mass is 32.2. The number of hydrogen-bond donors (Lipinski definition) is 2. The molecule has 6 heteroatoms. The van der Waals surface area contributed by atoms with Crippen LogP contribution >= 0.6 is 23.1 Å². The van der Waals surface area contributed by atoms with Gasteiger partial charge in [-0.25, -0.2) is 0 Å². The Morgan fingerprint density at radius 3 is 2.86 bits per heavy atom. The van der Waals surface area contributed by atoms with Gasteiger partial charge in [0.15, 0.2) is 5.78 Å². The first-order valence-electron chi connectivity index (χ1n) is 7.56. The summed E-state index contributed by atoms with van der Waals surface area (Å²) in [6.45, 7) is 8.55. The molecule has 1 aromatic rings. The number of anilines is 2. The molecule has 0 aromatic carbocycles. The average Bonchev–Trinajstić information content (AvgIpc) is 3.08. The molecule has 0 saturated carbocycles. The number of Topliss-reactive ketones (excluding diaryl/α,β-unsaturated/α-hetero) is 1. The summed E-state index contributed by atoms with van der Waals surface area (Å²) in [5.41, 5.74) is 6.79. The van der Waals surface area contributed by atoms with Crippen LogP contribution in [0.15, 0.2) is 4.90 Å². The second-order valence-electron chi connectivity index (χ2n) is 5.41. The predicted molar refractivity (Wildman–Crippen MR) is 93.8 cm³/mol. The molecule has 4 nitrogen and oxygen atoms in total. The van der Waals surface area contributed by atoms with Gasteiger partial charge >= 0.3 is 0 Å². The molecule has 0 spiro atoms. The van der Waals surface area contributed by atoms with E-state index in [-0.39, 0.29) is 5.78 Å². The Balaban J connectivity index is 2.04. The molecule has 1 atom stereocenters. The molecule has 0 radical (unpaired) electrons. The SMILES string of the molecule is CCC(=O)c1sc(NCC2CCN(CC)C2)c(SC)c1N. The highest BCUT2D eigenvalue weighted by Gasteiger charge is 2.23. The topological polar surface area (TPSA) is 58.4 Å². The number of nitrogens with zero attached hydrogens (tertiary/aromatic N) is 1. The Morgan fingerprint density at radius 2 is 2.29 bits per heavy atom. The highest BCUT2D eigenvalue weighted by Crippen LogP contribution is 2.42. The molecule has 1 aromatic heterocycles. The molecular weight excluding hydrogens is 302 g/mol. The second kappa shape index (κ2) is 7.51. The van der Waals surface area contributed by atoms with Crippen LogP contribution in [0.5, 0.6) is 0 Å². The fraction of sp³-hybridized carbons (Fsp3) is 0.667. The first-order valence-corrected chi connectivity index (χ1v) is 9.60. The summed E-state index contributed by atoms with van der Waals surface area (Å²) in [5, 5.41) is 4.59. The highest BCUT2D eigenvalue weighted by molar-refractivity contribution is 7.99. The molecule has 1 saturated heterocycles.